The lowest BCUT2D eigenvalue weighted by Crippen LogP contribution is -2.15. The van der Waals surface area contributed by atoms with E-state index in [-0.39, 0.29) is 12.0 Å². The fourth-order valence-corrected chi connectivity index (χ4v) is 1.26. The number of benzene rings is 1. The van der Waals surface area contributed by atoms with Crippen molar-refractivity contribution in [2.24, 2.45) is 5.73 Å². The molecule has 0 bridgehead atoms. The van der Waals surface area contributed by atoms with Crippen molar-refractivity contribution < 1.29 is 23.1 Å². The number of halogens is 3. The monoisotopic (exact) mass is 233 g/mol. The first-order valence-corrected chi connectivity index (χ1v) is 4.46. The van der Waals surface area contributed by atoms with Gasteiger partial charge in [-0.15, -0.1) is 0 Å². The van der Waals surface area contributed by atoms with Gasteiger partial charge in [0, 0.05) is 6.04 Å². The van der Waals surface area contributed by atoms with E-state index in [1.807, 2.05) is 0 Å². The van der Waals surface area contributed by atoms with Gasteiger partial charge in [-0.05, 0) is 11.6 Å². The average Bonchev–Trinajstić information content (AvgIpc) is 2.15. The Balaban J connectivity index is 2.92. The Morgan fingerprint density at radius 2 is 2.06 bits per heavy atom. The van der Waals surface area contributed by atoms with Crippen molar-refractivity contribution >= 4 is 5.97 Å². The number of hydrogen-bond donors (Lipinski definition) is 2. The molecule has 0 amide bonds. The van der Waals surface area contributed by atoms with Crippen LogP contribution in [0, 0.1) is 5.82 Å². The number of carboxylic acid groups (broad SMARTS) is 1. The molecule has 3 N–H and O–H groups in total. The number of rotatable bonds is 4. The number of carboxylic acids is 1. The molecule has 0 aromatic heterocycles. The minimum atomic E-state index is -2.90. The lowest BCUT2D eigenvalue weighted by atomic mass is 10.0. The highest BCUT2D eigenvalue weighted by Gasteiger charge is 2.16. The standard InChI is InChI=1S/C10H10F3NO2/c11-7-3-5(8(14)4-9(15)16)1-2-6(7)10(12)13/h1-3,8,10H,4,14H2,(H,15,16)/t8-/m0/s1. The van der Waals surface area contributed by atoms with Gasteiger partial charge in [0.2, 0.25) is 0 Å². The van der Waals surface area contributed by atoms with Gasteiger partial charge in [0.1, 0.15) is 5.82 Å². The number of hydrogen-bond acceptors (Lipinski definition) is 2. The molecule has 16 heavy (non-hydrogen) atoms. The highest BCUT2D eigenvalue weighted by Crippen LogP contribution is 2.25. The number of aliphatic carboxylic acids is 1. The van der Waals surface area contributed by atoms with Crippen molar-refractivity contribution in [2.75, 3.05) is 0 Å². The number of carbonyl (C=O) groups is 1. The summed E-state index contributed by atoms with van der Waals surface area (Å²) < 4.78 is 37.5. The molecule has 0 heterocycles. The summed E-state index contributed by atoms with van der Waals surface area (Å²) >= 11 is 0. The van der Waals surface area contributed by atoms with Crippen LogP contribution < -0.4 is 5.73 Å². The number of alkyl halides is 2. The van der Waals surface area contributed by atoms with Crippen LogP contribution in [0.4, 0.5) is 13.2 Å². The van der Waals surface area contributed by atoms with Crippen LogP contribution in [0.1, 0.15) is 30.0 Å². The Hall–Kier alpha value is -1.56. The minimum Gasteiger partial charge on any atom is -0.481 e. The van der Waals surface area contributed by atoms with Crippen molar-refractivity contribution in [3.63, 3.8) is 0 Å². The van der Waals surface area contributed by atoms with E-state index in [4.69, 9.17) is 10.8 Å². The molecule has 0 radical (unpaired) electrons. The molecule has 1 aromatic rings. The van der Waals surface area contributed by atoms with Gasteiger partial charge in [0.05, 0.1) is 12.0 Å². The van der Waals surface area contributed by atoms with Gasteiger partial charge in [-0.25, -0.2) is 13.2 Å². The van der Waals surface area contributed by atoms with E-state index < -0.39 is 29.8 Å². The third-order valence-electron chi connectivity index (χ3n) is 2.08. The average molecular weight is 233 g/mol. The Labute approximate surface area is 89.7 Å². The molecular weight excluding hydrogens is 223 g/mol. The zero-order valence-corrected chi connectivity index (χ0v) is 8.16. The molecule has 0 saturated heterocycles. The summed E-state index contributed by atoms with van der Waals surface area (Å²) in [7, 11) is 0. The van der Waals surface area contributed by atoms with Crippen LogP contribution in [0.25, 0.3) is 0 Å². The maximum atomic E-state index is 13.1. The van der Waals surface area contributed by atoms with Crippen molar-refractivity contribution in [3.8, 4) is 0 Å². The van der Waals surface area contributed by atoms with Crippen LogP contribution in [-0.2, 0) is 4.79 Å². The first kappa shape index (κ1) is 12.5. The first-order chi connectivity index (χ1) is 7.41. The Kier molecular flexibility index (Phi) is 3.89. The van der Waals surface area contributed by atoms with Crippen LogP contribution in [0.15, 0.2) is 18.2 Å². The van der Waals surface area contributed by atoms with Crippen LogP contribution in [0.3, 0.4) is 0 Å². The first-order valence-electron chi connectivity index (χ1n) is 4.46. The van der Waals surface area contributed by atoms with E-state index in [0.29, 0.717) is 0 Å². The molecule has 0 fully saturated rings. The minimum absolute atomic E-state index is 0.185. The molecule has 1 rings (SSSR count). The normalized spacial score (nSPS) is 12.8. The molecule has 88 valence electrons. The molecule has 0 spiro atoms. The van der Waals surface area contributed by atoms with Gasteiger partial charge >= 0.3 is 5.97 Å². The molecule has 1 atom stereocenters. The van der Waals surface area contributed by atoms with Gasteiger partial charge in [0.25, 0.3) is 6.43 Å². The smallest absolute Gasteiger partial charge is 0.305 e. The molecular formula is C10H10F3NO2. The molecule has 0 aliphatic carbocycles. The summed E-state index contributed by atoms with van der Waals surface area (Å²) in [6, 6.07) is 2.06. The maximum absolute atomic E-state index is 13.1. The Bertz CT molecular complexity index is 396. The van der Waals surface area contributed by atoms with E-state index in [0.717, 1.165) is 12.1 Å². The second-order valence-corrected chi connectivity index (χ2v) is 3.29. The molecule has 0 unspecified atom stereocenters. The highest BCUT2D eigenvalue weighted by atomic mass is 19.3. The highest BCUT2D eigenvalue weighted by molar-refractivity contribution is 5.67. The quantitative estimate of drug-likeness (QED) is 0.838. The third-order valence-corrected chi connectivity index (χ3v) is 2.08. The van der Waals surface area contributed by atoms with Gasteiger partial charge in [0.15, 0.2) is 0 Å². The Morgan fingerprint density at radius 1 is 1.44 bits per heavy atom. The van der Waals surface area contributed by atoms with Gasteiger partial charge in [-0.1, -0.05) is 12.1 Å². The third kappa shape index (κ3) is 2.96. The fourth-order valence-electron chi connectivity index (χ4n) is 1.26. The van der Waals surface area contributed by atoms with Crippen LogP contribution in [-0.4, -0.2) is 11.1 Å². The van der Waals surface area contributed by atoms with Crippen LogP contribution in [0.5, 0.6) is 0 Å². The second kappa shape index (κ2) is 4.98. The Morgan fingerprint density at radius 3 is 2.50 bits per heavy atom. The topological polar surface area (TPSA) is 63.3 Å². The molecule has 0 aliphatic heterocycles. The van der Waals surface area contributed by atoms with E-state index in [2.05, 4.69) is 0 Å². The van der Waals surface area contributed by atoms with Gasteiger partial charge in [-0.3, -0.25) is 4.79 Å². The van der Waals surface area contributed by atoms with Crippen molar-refractivity contribution in [1.29, 1.82) is 0 Å². The van der Waals surface area contributed by atoms with E-state index in [1.54, 1.807) is 0 Å². The summed E-state index contributed by atoms with van der Waals surface area (Å²) in [4.78, 5) is 10.3. The summed E-state index contributed by atoms with van der Waals surface area (Å²) in [6.45, 7) is 0. The van der Waals surface area contributed by atoms with E-state index in [1.165, 1.54) is 6.07 Å². The lowest BCUT2D eigenvalue weighted by molar-refractivity contribution is -0.137. The zero-order chi connectivity index (χ0) is 12.3. The molecule has 0 aliphatic rings. The van der Waals surface area contributed by atoms with E-state index >= 15 is 0 Å². The van der Waals surface area contributed by atoms with Gasteiger partial charge < -0.3 is 10.8 Å². The van der Waals surface area contributed by atoms with E-state index in [9.17, 15) is 18.0 Å². The van der Waals surface area contributed by atoms with Crippen molar-refractivity contribution in [1.82, 2.24) is 0 Å². The second-order valence-electron chi connectivity index (χ2n) is 3.29. The molecule has 0 saturated carbocycles. The predicted octanol–water partition coefficient (Wildman–Crippen LogP) is 2.24. The summed E-state index contributed by atoms with van der Waals surface area (Å²) in [5, 5.41) is 8.46. The summed E-state index contributed by atoms with van der Waals surface area (Å²) in [6.07, 6.45) is -3.28. The lowest BCUT2D eigenvalue weighted by Gasteiger charge is -2.10. The van der Waals surface area contributed by atoms with Crippen molar-refractivity contribution in [2.45, 2.75) is 18.9 Å². The largest absolute Gasteiger partial charge is 0.481 e. The molecule has 1 aromatic carbocycles. The molecule has 6 heteroatoms. The predicted molar refractivity (Wildman–Crippen MR) is 50.5 cm³/mol. The van der Waals surface area contributed by atoms with Crippen LogP contribution in [0.2, 0.25) is 0 Å². The van der Waals surface area contributed by atoms with Crippen LogP contribution >= 0.6 is 0 Å². The van der Waals surface area contributed by atoms with Crippen molar-refractivity contribution in [3.05, 3.63) is 35.1 Å². The maximum Gasteiger partial charge on any atom is 0.305 e. The van der Waals surface area contributed by atoms with Gasteiger partial charge in [-0.2, -0.15) is 0 Å². The zero-order valence-electron chi connectivity index (χ0n) is 8.16. The summed E-state index contributed by atoms with van der Waals surface area (Å²) in [5.41, 5.74) is 4.92. The molecule has 3 nitrogen and oxygen atoms in total. The fraction of sp³-hybridized carbons (Fsp3) is 0.300. The SMILES string of the molecule is N[C@@H](CC(=O)O)c1ccc(C(F)F)c(F)c1. The summed E-state index contributed by atoms with van der Waals surface area (Å²) in [5.74, 6) is -2.21. The number of nitrogens with two attached hydrogens (primary N) is 1.